The summed E-state index contributed by atoms with van der Waals surface area (Å²) in [4.78, 5) is 9.44. The van der Waals surface area contributed by atoms with Crippen LogP contribution in [-0.4, -0.2) is 9.97 Å². The summed E-state index contributed by atoms with van der Waals surface area (Å²) in [5, 5.41) is 2.24. The van der Waals surface area contributed by atoms with E-state index in [1.165, 1.54) is 11.1 Å². The van der Waals surface area contributed by atoms with E-state index in [4.69, 9.17) is 9.97 Å². The SMILES string of the molecule is c1ccc(-c2cnc3ccc4cccnc4c3c2-c2ccccc2)cc1. The predicted octanol–water partition coefficient (Wildman–Crippen LogP) is 6.12. The standard InChI is InChI=1S/C24H16N2/c1-3-8-17(9-4-1)20-16-26-21-14-13-19-12-7-15-25-24(19)23(21)22(20)18-10-5-2-6-11-18/h1-16H. The topological polar surface area (TPSA) is 25.8 Å². The molecule has 5 aromatic rings. The Kier molecular flexibility index (Phi) is 3.46. The highest BCUT2D eigenvalue weighted by Crippen LogP contribution is 2.39. The fourth-order valence-corrected chi connectivity index (χ4v) is 3.56. The van der Waals surface area contributed by atoms with Crippen molar-refractivity contribution in [1.82, 2.24) is 9.97 Å². The summed E-state index contributed by atoms with van der Waals surface area (Å²) in [5.41, 5.74) is 6.61. The Bertz CT molecular complexity index is 1210. The molecule has 2 aromatic heterocycles. The number of pyridine rings is 2. The molecule has 0 spiro atoms. The molecule has 5 rings (SSSR count). The second kappa shape index (κ2) is 6.08. The maximum Gasteiger partial charge on any atom is 0.0802 e. The molecule has 2 nitrogen and oxygen atoms in total. The molecule has 0 saturated carbocycles. The zero-order valence-corrected chi connectivity index (χ0v) is 14.1. The van der Waals surface area contributed by atoms with E-state index in [2.05, 4.69) is 66.7 Å². The van der Waals surface area contributed by atoms with Gasteiger partial charge in [0.1, 0.15) is 0 Å². The van der Waals surface area contributed by atoms with Crippen molar-refractivity contribution in [3.05, 3.63) is 97.3 Å². The lowest BCUT2D eigenvalue weighted by molar-refractivity contribution is 1.39. The van der Waals surface area contributed by atoms with E-state index >= 15 is 0 Å². The first-order valence-corrected chi connectivity index (χ1v) is 8.69. The third-order valence-corrected chi connectivity index (χ3v) is 4.75. The van der Waals surface area contributed by atoms with Crippen molar-refractivity contribution in [1.29, 1.82) is 0 Å². The number of rotatable bonds is 2. The van der Waals surface area contributed by atoms with E-state index in [9.17, 15) is 0 Å². The van der Waals surface area contributed by atoms with E-state index in [1.807, 2.05) is 30.6 Å². The van der Waals surface area contributed by atoms with E-state index in [1.54, 1.807) is 0 Å². The predicted molar refractivity (Wildman–Crippen MR) is 108 cm³/mol. The second-order valence-electron chi connectivity index (χ2n) is 6.31. The highest BCUT2D eigenvalue weighted by Gasteiger charge is 2.15. The van der Waals surface area contributed by atoms with E-state index < -0.39 is 0 Å². The van der Waals surface area contributed by atoms with Gasteiger partial charge < -0.3 is 0 Å². The minimum absolute atomic E-state index is 0.967. The molecule has 0 unspecified atom stereocenters. The van der Waals surface area contributed by atoms with Gasteiger partial charge in [-0.15, -0.1) is 0 Å². The molecule has 2 heteroatoms. The number of benzene rings is 3. The van der Waals surface area contributed by atoms with Crippen molar-refractivity contribution >= 4 is 21.8 Å². The zero-order valence-electron chi connectivity index (χ0n) is 14.1. The Morgan fingerprint density at radius 1 is 0.577 bits per heavy atom. The molecule has 122 valence electrons. The Labute approximate surface area is 151 Å². The molecule has 26 heavy (non-hydrogen) atoms. The van der Waals surface area contributed by atoms with Crippen molar-refractivity contribution in [2.45, 2.75) is 0 Å². The summed E-state index contributed by atoms with van der Waals surface area (Å²) < 4.78 is 0. The van der Waals surface area contributed by atoms with Crippen LogP contribution in [0.4, 0.5) is 0 Å². The summed E-state index contributed by atoms with van der Waals surface area (Å²) in [7, 11) is 0. The molecule has 0 N–H and O–H groups in total. The third-order valence-electron chi connectivity index (χ3n) is 4.75. The monoisotopic (exact) mass is 332 g/mol. The molecule has 0 atom stereocenters. The molecular formula is C24H16N2. The molecule has 0 bridgehead atoms. The average molecular weight is 332 g/mol. The fourth-order valence-electron chi connectivity index (χ4n) is 3.56. The number of hydrogen-bond acceptors (Lipinski definition) is 2. The number of aromatic nitrogens is 2. The molecular weight excluding hydrogens is 316 g/mol. The van der Waals surface area contributed by atoms with Crippen molar-refractivity contribution in [2.75, 3.05) is 0 Å². The van der Waals surface area contributed by atoms with Gasteiger partial charge in [0, 0.05) is 34.3 Å². The summed E-state index contributed by atoms with van der Waals surface area (Å²) in [6.07, 6.45) is 3.83. The van der Waals surface area contributed by atoms with Crippen molar-refractivity contribution in [3.8, 4) is 22.3 Å². The third kappa shape index (κ3) is 2.35. The fraction of sp³-hybridized carbons (Fsp3) is 0. The Morgan fingerprint density at radius 3 is 2.08 bits per heavy atom. The van der Waals surface area contributed by atoms with Gasteiger partial charge in [-0.1, -0.05) is 72.8 Å². The Balaban J connectivity index is 1.99. The average Bonchev–Trinajstić information content (AvgIpc) is 2.74. The summed E-state index contributed by atoms with van der Waals surface area (Å²) in [6, 6.07) is 29.2. The van der Waals surface area contributed by atoms with Crippen LogP contribution in [0.25, 0.3) is 44.1 Å². The van der Waals surface area contributed by atoms with E-state index in [-0.39, 0.29) is 0 Å². The molecule has 0 saturated heterocycles. The number of fused-ring (bicyclic) bond motifs is 3. The lowest BCUT2D eigenvalue weighted by atomic mass is 9.91. The van der Waals surface area contributed by atoms with Gasteiger partial charge in [-0.05, 0) is 23.3 Å². The van der Waals surface area contributed by atoms with Crippen LogP contribution in [0.2, 0.25) is 0 Å². The Morgan fingerprint density at radius 2 is 1.31 bits per heavy atom. The molecule has 0 fully saturated rings. The minimum atomic E-state index is 0.967. The maximum atomic E-state index is 4.75. The maximum absolute atomic E-state index is 4.75. The van der Waals surface area contributed by atoms with Gasteiger partial charge in [0.15, 0.2) is 0 Å². The zero-order chi connectivity index (χ0) is 17.3. The van der Waals surface area contributed by atoms with Gasteiger partial charge in [0.05, 0.1) is 11.0 Å². The van der Waals surface area contributed by atoms with Crippen LogP contribution in [0.5, 0.6) is 0 Å². The van der Waals surface area contributed by atoms with Crippen molar-refractivity contribution < 1.29 is 0 Å². The highest BCUT2D eigenvalue weighted by molar-refractivity contribution is 6.14. The molecule has 3 aromatic carbocycles. The summed E-state index contributed by atoms with van der Waals surface area (Å²) >= 11 is 0. The molecule has 0 aliphatic rings. The first-order valence-electron chi connectivity index (χ1n) is 8.69. The molecule has 0 radical (unpaired) electrons. The Hall–Kier alpha value is -3.52. The van der Waals surface area contributed by atoms with Gasteiger partial charge in [-0.3, -0.25) is 9.97 Å². The van der Waals surface area contributed by atoms with Crippen LogP contribution in [0.1, 0.15) is 0 Å². The van der Waals surface area contributed by atoms with E-state index in [0.717, 1.165) is 32.9 Å². The van der Waals surface area contributed by atoms with Gasteiger partial charge >= 0.3 is 0 Å². The first-order chi connectivity index (χ1) is 12.9. The van der Waals surface area contributed by atoms with Crippen LogP contribution in [0.3, 0.4) is 0 Å². The normalized spacial score (nSPS) is 11.1. The van der Waals surface area contributed by atoms with Crippen molar-refractivity contribution in [3.63, 3.8) is 0 Å². The van der Waals surface area contributed by atoms with Crippen LogP contribution in [-0.2, 0) is 0 Å². The van der Waals surface area contributed by atoms with Gasteiger partial charge in [-0.2, -0.15) is 0 Å². The van der Waals surface area contributed by atoms with Crippen molar-refractivity contribution in [2.24, 2.45) is 0 Å². The lowest BCUT2D eigenvalue weighted by Crippen LogP contribution is -1.92. The van der Waals surface area contributed by atoms with Gasteiger partial charge in [0.25, 0.3) is 0 Å². The van der Waals surface area contributed by atoms with Crippen LogP contribution >= 0.6 is 0 Å². The number of hydrogen-bond donors (Lipinski definition) is 0. The van der Waals surface area contributed by atoms with E-state index in [0.29, 0.717) is 0 Å². The quantitative estimate of drug-likeness (QED) is 0.364. The van der Waals surface area contributed by atoms with Crippen LogP contribution in [0, 0.1) is 0 Å². The molecule has 0 amide bonds. The summed E-state index contributed by atoms with van der Waals surface area (Å²) in [5.74, 6) is 0. The molecule has 2 heterocycles. The second-order valence-corrected chi connectivity index (χ2v) is 6.31. The highest BCUT2D eigenvalue weighted by atomic mass is 14.7. The minimum Gasteiger partial charge on any atom is -0.256 e. The van der Waals surface area contributed by atoms with Crippen LogP contribution in [0.15, 0.2) is 97.3 Å². The van der Waals surface area contributed by atoms with Crippen LogP contribution < -0.4 is 0 Å². The number of nitrogens with zero attached hydrogens (tertiary/aromatic N) is 2. The summed E-state index contributed by atoms with van der Waals surface area (Å²) in [6.45, 7) is 0. The first kappa shape index (κ1) is 14.8. The molecule has 0 aliphatic carbocycles. The largest absolute Gasteiger partial charge is 0.256 e. The lowest BCUT2D eigenvalue weighted by Gasteiger charge is -2.15. The van der Waals surface area contributed by atoms with Gasteiger partial charge in [-0.25, -0.2) is 0 Å². The van der Waals surface area contributed by atoms with Gasteiger partial charge in [0.2, 0.25) is 0 Å². The smallest absolute Gasteiger partial charge is 0.0802 e. The molecule has 0 aliphatic heterocycles.